The van der Waals surface area contributed by atoms with E-state index in [2.05, 4.69) is 4.74 Å². The summed E-state index contributed by atoms with van der Waals surface area (Å²) in [5.41, 5.74) is -3.26. The molecule has 0 atom stereocenters. The zero-order valence-corrected chi connectivity index (χ0v) is 7.85. The Morgan fingerprint density at radius 2 is 1.94 bits per heavy atom. The van der Waals surface area contributed by atoms with Crippen molar-refractivity contribution in [3.05, 3.63) is 27.7 Å². The Bertz CT molecular complexity index is 479. The second-order valence-electron chi connectivity index (χ2n) is 2.80. The highest BCUT2D eigenvalue weighted by molar-refractivity contribution is 5.74. The fourth-order valence-corrected chi connectivity index (χ4v) is 1.02. The zero-order valence-electron chi connectivity index (χ0n) is 7.85. The van der Waals surface area contributed by atoms with Gasteiger partial charge in [0.2, 0.25) is 0 Å². The molecule has 1 N–H and O–H groups in total. The SMILES string of the molecule is O=Cc1[nH]c(=O)c(OC(F)(F)F)cc1C(F)F. The summed E-state index contributed by atoms with van der Waals surface area (Å²) in [6, 6.07) is 0.181. The van der Waals surface area contributed by atoms with Crippen molar-refractivity contribution >= 4 is 6.29 Å². The molecule has 0 saturated carbocycles. The number of aldehydes is 1. The second-order valence-corrected chi connectivity index (χ2v) is 2.80. The van der Waals surface area contributed by atoms with Crippen molar-refractivity contribution in [1.82, 2.24) is 4.98 Å². The van der Waals surface area contributed by atoms with E-state index >= 15 is 0 Å². The summed E-state index contributed by atoms with van der Waals surface area (Å²) in [6.45, 7) is 0. The van der Waals surface area contributed by atoms with Gasteiger partial charge in [-0.2, -0.15) is 0 Å². The molecule has 0 radical (unpaired) electrons. The molecule has 0 fully saturated rings. The predicted molar refractivity (Wildman–Crippen MR) is 44.1 cm³/mol. The first-order valence-electron chi connectivity index (χ1n) is 4.01. The first kappa shape index (κ1) is 13.1. The molecule has 0 aliphatic rings. The summed E-state index contributed by atoms with van der Waals surface area (Å²) in [4.78, 5) is 22.9. The van der Waals surface area contributed by atoms with E-state index in [1.807, 2.05) is 0 Å². The van der Waals surface area contributed by atoms with Crippen LogP contribution < -0.4 is 10.3 Å². The Morgan fingerprint density at radius 3 is 2.35 bits per heavy atom. The molecule has 1 rings (SSSR count). The lowest BCUT2D eigenvalue weighted by molar-refractivity contribution is -0.275. The Kier molecular flexibility index (Phi) is 3.49. The first-order chi connectivity index (χ1) is 7.74. The van der Waals surface area contributed by atoms with Gasteiger partial charge in [-0.1, -0.05) is 0 Å². The fourth-order valence-electron chi connectivity index (χ4n) is 1.02. The maximum atomic E-state index is 12.3. The molecule has 0 aromatic carbocycles. The molecule has 1 aromatic rings. The van der Waals surface area contributed by atoms with Gasteiger partial charge in [-0.05, 0) is 6.07 Å². The number of rotatable bonds is 3. The maximum absolute atomic E-state index is 12.3. The molecule has 0 aliphatic heterocycles. The Balaban J connectivity index is 3.30. The van der Waals surface area contributed by atoms with Crippen LogP contribution in [0, 0.1) is 0 Å². The van der Waals surface area contributed by atoms with Crippen LogP contribution in [0.3, 0.4) is 0 Å². The summed E-state index contributed by atoms with van der Waals surface area (Å²) in [6.07, 6.45) is -8.50. The van der Waals surface area contributed by atoms with Crippen LogP contribution >= 0.6 is 0 Å². The van der Waals surface area contributed by atoms with Gasteiger partial charge in [-0.3, -0.25) is 9.59 Å². The van der Waals surface area contributed by atoms with E-state index in [1.54, 1.807) is 4.98 Å². The summed E-state index contributed by atoms with van der Waals surface area (Å²) in [7, 11) is 0. The van der Waals surface area contributed by atoms with Gasteiger partial charge in [0.1, 0.15) is 0 Å². The van der Waals surface area contributed by atoms with Crippen molar-refractivity contribution in [3.63, 3.8) is 0 Å². The van der Waals surface area contributed by atoms with Crippen molar-refractivity contribution < 1.29 is 31.5 Å². The topological polar surface area (TPSA) is 59.2 Å². The van der Waals surface area contributed by atoms with Gasteiger partial charge in [0.25, 0.3) is 12.0 Å². The van der Waals surface area contributed by atoms with E-state index in [4.69, 9.17) is 0 Å². The third-order valence-corrected chi connectivity index (χ3v) is 1.65. The lowest BCUT2D eigenvalue weighted by Gasteiger charge is -2.10. The van der Waals surface area contributed by atoms with Gasteiger partial charge < -0.3 is 9.72 Å². The Labute approximate surface area is 90.0 Å². The average Bonchev–Trinajstić information content (AvgIpc) is 2.18. The highest BCUT2D eigenvalue weighted by Crippen LogP contribution is 2.25. The molecule has 0 amide bonds. The molecule has 4 nitrogen and oxygen atoms in total. The molecule has 0 aliphatic carbocycles. The molecule has 0 bridgehead atoms. The molecule has 9 heteroatoms. The highest BCUT2D eigenvalue weighted by Gasteiger charge is 2.33. The maximum Gasteiger partial charge on any atom is 0.573 e. The molecule has 1 heterocycles. The summed E-state index contributed by atoms with van der Waals surface area (Å²) >= 11 is 0. The van der Waals surface area contributed by atoms with Crippen molar-refractivity contribution in [3.8, 4) is 5.75 Å². The standard InChI is InChI=1S/C8H4F5NO3/c9-6(10)3-1-5(17-8(11,12)13)7(16)14-4(3)2-15/h1-2,6H,(H,14,16). The van der Waals surface area contributed by atoms with Crippen LogP contribution in [0.4, 0.5) is 22.0 Å². The number of alkyl halides is 5. The van der Waals surface area contributed by atoms with Gasteiger partial charge in [0.15, 0.2) is 12.0 Å². The zero-order chi connectivity index (χ0) is 13.2. The van der Waals surface area contributed by atoms with E-state index in [-0.39, 0.29) is 12.4 Å². The van der Waals surface area contributed by atoms with Crippen LogP contribution in [0.2, 0.25) is 0 Å². The van der Waals surface area contributed by atoms with Crippen LogP contribution in [-0.4, -0.2) is 17.6 Å². The van der Waals surface area contributed by atoms with Crippen molar-refractivity contribution in [1.29, 1.82) is 0 Å². The van der Waals surface area contributed by atoms with Gasteiger partial charge in [-0.25, -0.2) is 8.78 Å². The minimum Gasteiger partial charge on any atom is -0.400 e. The lowest BCUT2D eigenvalue weighted by atomic mass is 10.2. The lowest BCUT2D eigenvalue weighted by Crippen LogP contribution is -2.24. The van der Waals surface area contributed by atoms with E-state index in [0.29, 0.717) is 0 Å². The van der Waals surface area contributed by atoms with Crippen LogP contribution in [0.5, 0.6) is 5.75 Å². The number of carbonyl (C=O) groups excluding carboxylic acids is 1. The van der Waals surface area contributed by atoms with Gasteiger partial charge in [-0.15, -0.1) is 13.2 Å². The van der Waals surface area contributed by atoms with E-state index in [1.165, 1.54) is 0 Å². The Morgan fingerprint density at radius 1 is 1.35 bits per heavy atom. The number of carbonyl (C=O) groups is 1. The quantitative estimate of drug-likeness (QED) is 0.665. The summed E-state index contributed by atoms with van der Waals surface area (Å²) < 4.78 is 63.3. The minimum absolute atomic E-state index is 0.0970. The molecule has 1 aromatic heterocycles. The van der Waals surface area contributed by atoms with Crippen LogP contribution in [0.15, 0.2) is 10.9 Å². The van der Waals surface area contributed by atoms with Crippen molar-refractivity contribution in [2.45, 2.75) is 12.8 Å². The molecule has 17 heavy (non-hydrogen) atoms. The van der Waals surface area contributed by atoms with Crippen LogP contribution in [0.1, 0.15) is 22.5 Å². The molecular formula is C8H4F5NO3. The second kappa shape index (κ2) is 4.52. The van der Waals surface area contributed by atoms with Crippen molar-refractivity contribution in [2.24, 2.45) is 0 Å². The number of H-pyrrole nitrogens is 1. The minimum atomic E-state index is -5.19. The van der Waals surface area contributed by atoms with E-state index in [9.17, 15) is 31.5 Å². The predicted octanol–water partition coefficient (Wildman–Crippen LogP) is 2.02. The van der Waals surface area contributed by atoms with Crippen LogP contribution in [-0.2, 0) is 0 Å². The number of halogens is 5. The molecule has 0 unspecified atom stereocenters. The highest BCUT2D eigenvalue weighted by atomic mass is 19.4. The number of aromatic nitrogens is 1. The normalized spacial score (nSPS) is 11.6. The van der Waals surface area contributed by atoms with Gasteiger partial charge in [0.05, 0.1) is 5.69 Å². The summed E-state index contributed by atoms with van der Waals surface area (Å²) in [5, 5.41) is 0. The molecule has 0 saturated heterocycles. The van der Waals surface area contributed by atoms with Gasteiger partial charge >= 0.3 is 6.36 Å². The Hall–Kier alpha value is -1.93. The van der Waals surface area contributed by atoms with E-state index in [0.717, 1.165) is 0 Å². The van der Waals surface area contributed by atoms with Crippen LogP contribution in [0.25, 0.3) is 0 Å². The number of hydrogen-bond donors (Lipinski definition) is 1. The van der Waals surface area contributed by atoms with Crippen molar-refractivity contribution in [2.75, 3.05) is 0 Å². The van der Waals surface area contributed by atoms with E-state index < -0.39 is 35.4 Å². The molecule has 94 valence electrons. The molecule has 0 spiro atoms. The summed E-state index contributed by atoms with van der Waals surface area (Å²) in [5.74, 6) is -1.35. The number of ether oxygens (including phenoxy) is 1. The number of aromatic amines is 1. The third kappa shape index (κ3) is 3.26. The first-order valence-corrected chi connectivity index (χ1v) is 4.01. The fraction of sp³-hybridized carbons (Fsp3) is 0.250. The smallest absolute Gasteiger partial charge is 0.400 e. The number of pyridine rings is 1. The molecular weight excluding hydrogens is 253 g/mol. The largest absolute Gasteiger partial charge is 0.573 e. The van der Waals surface area contributed by atoms with Gasteiger partial charge in [0, 0.05) is 5.56 Å². The average molecular weight is 257 g/mol. The monoisotopic (exact) mass is 257 g/mol. The number of hydrogen-bond acceptors (Lipinski definition) is 3. The third-order valence-electron chi connectivity index (χ3n) is 1.65. The number of nitrogens with one attached hydrogen (secondary N) is 1.